The Labute approximate surface area is 198 Å². The molecule has 2 amide bonds. The van der Waals surface area contributed by atoms with Crippen LogP contribution >= 0.6 is 0 Å². The molecule has 180 valence electrons. The monoisotopic (exact) mass is 467 g/mol. The summed E-state index contributed by atoms with van der Waals surface area (Å²) in [6, 6.07) is 7.65. The predicted molar refractivity (Wildman–Crippen MR) is 128 cm³/mol. The van der Waals surface area contributed by atoms with Gasteiger partial charge < -0.3 is 26.2 Å². The van der Waals surface area contributed by atoms with Crippen molar-refractivity contribution in [2.75, 3.05) is 43.9 Å². The summed E-state index contributed by atoms with van der Waals surface area (Å²) >= 11 is 0. The number of benzene rings is 1. The molecule has 4 rings (SSSR count). The number of nitrogens with one attached hydrogen (secondary N) is 2. The number of hydrogen-bond donors (Lipinski definition) is 3. The minimum absolute atomic E-state index is 0.00723. The van der Waals surface area contributed by atoms with Gasteiger partial charge in [-0.15, -0.1) is 0 Å². The molecule has 1 aliphatic heterocycles. The molecule has 1 saturated heterocycles. The lowest BCUT2D eigenvalue weighted by Gasteiger charge is -2.32. The van der Waals surface area contributed by atoms with Crippen LogP contribution in [0, 0.1) is 5.82 Å². The lowest BCUT2D eigenvalue weighted by Crippen LogP contribution is -2.47. The number of hydrogen-bond acceptors (Lipinski definition) is 7. The van der Waals surface area contributed by atoms with E-state index in [1.165, 1.54) is 0 Å². The van der Waals surface area contributed by atoms with E-state index < -0.39 is 11.7 Å². The fourth-order valence-electron chi connectivity index (χ4n) is 4.16. The number of nitrogens with zero attached hydrogens (tertiary/aromatic N) is 4. The van der Waals surface area contributed by atoms with Crippen molar-refractivity contribution >= 4 is 29.3 Å². The number of halogens is 1. The molecular weight excluding hydrogens is 437 g/mol. The van der Waals surface area contributed by atoms with Gasteiger partial charge in [-0.25, -0.2) is 9.37 Å². The number of amides is 2. The van der Waals surface area contributed by atoms with E-state index >= 15 is 0 Å². The Bertz CT molecular complexity index is 1080. The van der Waals surface area contributed by atoms with Gasteiger partial charge in [0.1, 0.15) is 0 Å². The van der Waals surface area contributed by atoms with Crippen LogP contribution in [0.1, 0.15) is 31.2 Å². The second kappa shape index (κ2) is 10.6. The van der Waals surface area contributed by atoms with E-state index in [4.69, 9.17) is 5.73 Å². The summed E-state index contributed by atoms with van der Waals surface area (Å²) in [7, 11) is 2.07. The Kier molecular flexibility index (Phi) is 7.36. The van der Waals surface area contributed by atoms with Gasteiger partial charge in [0.25, 0.3) is 0 Å². The van der Waals surface area contributed by atoms with Crippen LogP contribution in [-0.2, 0) is 16.0 Å². The molecule has 0 atom stereocenters. The Hall–Kier alpha value is -3.53. The van der Waals surface area contributed by atoms with Crippen molar-refractivity contribution in [2.24, 2.45) is 5.73 Å². The quantitative estimate of drug-likeness (QED) is 0.546. The number of carbonyl (C=O) groups excluding carboxylic acids is 2. The van der Waals surface area contributed by atoms with E-state index in [1.807, 2.05) is 29.2 Å². The van der Waals surface area contributed by atoms with Crippen molar-refractivity contribution < 1.29 is 14.0 Å². The Morgan fingerprint density at radius 1 is 1.09 bits per heavy atom. The average molecular weight is 468 g/mol. The van der Waals surface area contributed by atoms with Crippen LogP contribution in [0.3, 0.4) is 0 Å². The topological polar surface area (TPSA) is 116 Å². The number of rotatable bonds is 8. The van der Waals surface area contributed by atoms with Crippen LogP contribution in [0.5, 0.6) is 0 Å². The zero-order valence-electron chi connectivity index (χ0n) is 19.3. The second-order valence-corrected chi connectivity index (χ2v) is 8.70. The molecule has 9 nitrogen and oxygen atoms in total. The molecule has 1 aliphatic carbocycles. The van der Waals surface area contributed by atoms with Crippen molar-refractivity contribution in [1.82, 2.24) is 19.8 Å². The molecule has 10 heteroatoms. The standard InChI is InChI=1S/C24H30FN7O2/c1-31-11-13-32(14-12-31)21(33)10-7-16-5-8-17(9-6-16)28-24-27-15-19(25)23(30-24)29-20-4-2-3-18(20)22(26)34/h5-6,8-9,15H,2-4,7,10-14H2,1H3,(H2,26,34)(H2,27,28,29,30). The van der Waals surface area contributed by atoms with Crippen molar-refractivity contribution in [3.05, 3.63) is 53.1 Å². The molecule has 4 N–H and O–H groups in total. The Morgan fingerprint density at radius 3 is 2.53 bits per heavy atom. The SMILES string of the molecule is CN1CCN(C(=O)CCc2ccc(Nc3ncc(F)c(NC4=C(C(N)=O)CCC4)n3)cc2)CC1. The number of primary amides is 1. The molecule has 0 saturated carbocycles. The van der Waals surface area contributed by atoms with Crippen LogP contribution < -0.4 is 16.4 Å². The maximum absolute atomic E-state index is 14.3. The summed E-state index contributed by atoms with van der Waals surface area (Å²) in [5.41, 5.74) is 8.29. The van der Waals surface area contributed by atoms with Gasteiger partial charge in [0.05, 0.1) is 6.20 Å². The van der Waals surface area contributed by atoms with E-state index in [1.54, 1.807) is 0 Å². The summed E-state index contributed by atoms with van der Waals surface area (Å²) in [5.74, 6) is -0.715. The van der Waals surface area contributed by atoms with E-state index in [2.05, 4.69) is 32.5 Å². The summed E-state index contributed by atoms with van der Waals surface area (Å²) in [6.45, 7) is 3.40. The lowest BCUT2D eigenvalue weighted by atomic mass is 10.1. The van der Waals surface area contributed by atoms with Gasteiger partial charge >= 0.3 is 0 Å². The molecular formula is C24H30FN7O2. The number of aryl methyl sites for hydroxylation is 1. The lowest BCUT2D eigenvalue weighted by molar-refractivity contribution is -0.132. The molecule has 1 fully saturated rings. The molecule has 2 aromatic rings. The van der Waals surface area contributed by atoms with Gasteiger partial charge in [-0.3, -0.25) is 9.59 Å². The number of piperazine rings is 1. The van der Waals surface area contributed by atoms with Crippen molar-refractivity contribution in [1.29, 1.82) is 0 Å². The molecule has 1 aromatic carbocycles. The number of likely N-dealkylation sites (N-methyl/N-ethyl adjacent to an activating group) is 1. The second-order valence-electron chi connectivity index (χ2n) is 8.70. The summed E-state index contributed by atoms with van der Waals surface area (Å²) in [6.07, 6.45) is 4.20. The van der Waals surface area contributed by atoms with E-state index in [0.717, 1.165) is 50.0 Å². The van der Waals surface area contributed by atoms with Crippen molar-refractivity contribution in [3.8, 4) is 0 Å². The first kappa shape index (κ1) is 23.6. The van der Waals surface area contributed by atoms with E-state index in [-0.39, 0.29) is 17.7 Å². The first-order valence-electron chi connectivity index (χ1n) is 11.5. The van der Waals surface area contributed by atoms with Crippen LogP contribution in [0.15, 0.2) is 41.7 Å². The fraction of sp³-hybridized carbons (Fsp3) is 0.417. The smallest absolute Gasteiger partial charge is 0.246 e. The maximum atomic E-state index is 14.3. The van der Waals surface area contributed by atoms with Gasteiger partial charge in [0.15, 0.2) is 11.6 Å². The molecule has 0 spiro atoms. The third-order valence-electron chi connectivity index (χ3n) is 6.22. The molecule has 2 heterocycles. The largest absolute Gasteiger partial charge is 0.366 e. The van der Waals surface area contributed by atoms with Gasteiger partial charge in [-0.1, -0.05) is 12.1 Å². The number of nitrogens with two attached hydrogens (primary N) is 1. The van der Waals surface area contributed by atoms with Gasteiger partial charge in [-0.2, -0.15) is 4.98 Å². The average Bonchev–Trinajstić information content (AvgIpc) is 3.30. The zero-order valence-corrected chi connectivity index (χ0v) is 19.3. The molecule has 0 unspecified atom stereocenters. The van der Waals surface area contributed by atoms with E-state index in [0.29, 0.717) is 37.0 Å². The molecule has 0 radical (unpaired) electrons. The molecule has 1 aromatic heterocycles. The van der Waals surface area contributed by atoms with E-state index in [9.17, 15) is 14.0 Å². The third kappa shape index (κ3) is 5.88. The number of allylic oxidation sites excluding steroid dienone is 1. The van der Waals surface area contributed by atoms with Crippen LogP contribution in [-0.4, -0.2) is 64.8 Å². The summed E-state index contributed by atoms with van der Waals surface area (Å²) in [5, 5.41) is 5.97. The number of carbonyl (C=O) groups is 2. The molecule has 34 heavy (non-hydrogen) atoms. The van der Waals surface area contributed by atoms with Crippen molar-refractivity contribution in [2.45, 2.75) is 32.1 Å². The van der Waals surface area contributed by atoms with Gasteiger partial charge in [0.2, 0.25) is 17.8 Å². The molecule has 2 aliphatic rings. The highest BCUT2D eigenvalue weighted by Crippen LogP contribution is 2.28. The minimum atomic E-state index is -0.617. The third-order valence-corrected chi connectivity index (χ3v) is 6.22. The van der Waals surface area contributed by atoms with Gasteiger partial charge in [-0.05, 0) is 50.4 Å². The van der Waals surface area contributed by atoms with Crippen LogP contribution in [0.2, 0.25) is 0 Å². The fourth-order valence-corrected chi connectivity index (χ4v) is 4.16. The van der Waals surface area contributed by atoms with Crippen LogP contribution in [0.4, 0.5) is 21.8 Å². The normalized spacial score (nSPS) is 16.6. The first-order valence-corrected chi connectivity index (χ1v) is 11.5. The Balaban J connectivity index is 1.34. The van der Waals surface area contributed by atoms with Gasteiger partial charge in [0, 0.05) is 49.6 Å². The minimum Gasteiger partial charge on any atom is -0.366 e. The predicted octanol–water partition coefficient (Wildman–Crippen LogP) is 2.40. The maximum Gasteiger partial charge on any atom is 0.246 e. The highest BCUT2D eigenvalue weighted by molar-refractivity contribution is 5.93. The molecule has 0 bridgehead atoms. The Morgan fingerprint density at radius 2 is 1.82 bits per heavy atom. The summed E-state index contributed by atoms with van der Waals surface area (Å²) < 4.78 is 14.3. The van der Waals surface area contributed by atoms with Crippen LogP contribution in [0.25, 0.3) is 0 Å². The highest BCUT2D eigenvalue weighted by Gasteiger charge is 2.21. The number of anilines is 3. The first-order chi connectivity index (χ1) is 16.4. The number of aromatic nitrogens is 2. The highest BCUT2D eigenvalue weighted by atomic mass is 19.1. The summed E-state index contributed by atoms with van der Waals surface area (Å²) in [4.78, 5) is 36.4. The zero-order chi connectivity index (χ0) is 24.1. The van der Waals surface area contributed by atoms with Crippen molar-refractivity contribution in [3.63, 3.8) is 0 Å².